The highest BCUT2D eigenvalue weighted by Gasteiger charge is 1.60. The summed E-state index contributed by atoms with van der Waals surface area (Å²) in [6, 6.07) is 0. The van der Waals surface area contributed by atoms with Crippen LogP contribution in [0.2, 0.25) is 0 Å². The van der Waals surface area contributed by atoms with E-state index in [4.69, 9.17) is 10.5 Å². The Morgan fingerprint density at radius 2 is 1.33 bits per heavy atom. The lowest BCUT2D eigenvalue weighted by Crippen LogP contribution is -1.68. The van der Waals surface area contributed by atoms with Crippen LogP contribution in [0.1, 0.15) is 0 Å². The second-order valence-electron chi connectivity index (χ2n) is 0.483. The fourth-order valence-electron chi connectivity index (χ4n) is 0.0497. The molecule has 0 unspecified atom stereocenters. The molecular formula is C2H4O4. The summed E-state index contributed by atoms with van der Waals surface area (Å²) in [5.41, 5.74) is 0. The Labute approximate surface area is 34.1 Å². The van der Waals surface area contributed by atoms with Crippen molar-refractivity contribution in [1.82, 2.24) is 0 Å². The third-order valence-electron chi connectivity index (χ3n) is 0.177. The summed E-state index contributed by atoms with van der Waals surface area (Å²) in [5.74, 6) is 0. The average Bonchev–Trinajstić information content (AvgIpc) is 1.61. The molecule has 0 heterocycles. The van der Waals surface area contributed by atoms with Crippen molar-refractivity contribution >= 4 is 0 Å². The van der Waals surface area contributed by atoms with Gasteiger partial charge in [-0.3, -0.25) is 0 Å². The van der Waals surface area contributed by atoms with E-state index in [-0.39, 0.29) is 0 Å². The van der Waals surface area contributed by atoms with Crippen LogP contribution in [0.15, 0.2) is 12.5 Å². The van der Waals surface area contributed by atoms with Crippen molar-refractivity contribution < 1.29 is 20.3 Å². The molecule has 0 amide bonds. The first-order chi connectivity index (χ1) is 2.91. The van der Waals surface area contributed by atoms with Crippen molar-refractivity contribution in [3.63, 3.8) is 0 Å². The first-order valence-electron chi connectivity index (χ1n) is 1.17. The lowest BCUT2D eigenvalue weighted by atomic mass is 11.1. The summed E-state index contributed by atoms with van der Waals surface area (Å²) in [5, 5.41) is 14.8. The highest BCUT2D eigenvalue weighted by atomic mass is 17.1. The molecule has 0 aliphatic heterocycles. The molecule has 0 aromatic rings. The molecular weight excluding hydrogens is 88.0 g/mol. The molecule has 0 spiro atoms. The van der Waals surface area contributed by atoms with Crippen LogP contribution in [-0.2, 0) is 9.78 Å². The van der Waals surface area contributed by atoms with Crippen molar-refractivity contribution in [3.05, 3.63) is 12.5 Å². The summed E-state index contributed by atoms with van der Waals surface area (Å²) in [7, 11) is 0. The summed E-state index contributed by atoms with van der Waals surface area (Å²) >= 11 is 0. The van der Waals surface area contributed by atoms with E-state index in [1.807, 2.05) is 0 Å². The monoisotopic (exact) mass is 92.0 g/mol. The van der Waals surface area contributed by atoms with Crippen LogP contribution in [0, 0.1) is 0 Å². The van der Waals surface area contributed by atoms with Gasteiger partial charge in [0.2, 0.25) is 0 Å². The quantitative estimate of drug-likeness (QED) is 0.294. The van der Waals surface area contributed by atoms with Crippen LogP contribution in [0.5, 0.6) is 0 Å². The molecule has 36 valence electrons. The van der Waals surface area contributed by atoms with Crippen molar-refractivity contribution in [2.75, 3.05) is 0 Å². The minimum absolute atomic E-state index is 0.764. The van der Waals surface area contributed by atoms with Crippen molar-refractivity contribution in [2.24, 2.45) is 0 Å². The predicted molar refractivity (Wildman–Crippen MR) is 16.6 cm³/mol. The van der Waals surface area contributed by atoms with Crippen LogP contribution in [-0.4, -0.2) is 10.5 Å². The molecule has 0 aliphatic carbocycles. The van der Waals surface area contributed by atoms with Gasteiger partial charge in [-0.25, -0.2) is 10.5 Å². The molecule has 0 aromatic heterocycles. The van der Waals surface area contributed by atoms with Gasteiger partial charge in [-0.1, -0.05) is 0 Å². The maximum atomic E-state index is 7.42. The van der Waals surface area contributed by atoms with Gasteiger partial charge in [-0.05, 0) is 0 Å². The van der Waals surface area contributed by atoms with E-state index >= 15 is 0 Å². The normalized spacial score (nSPS) is 9.00. The van der Waals surface area contributed by atoms with Crippen molar-refractivity contribution in [2.45, 2.75) is 0 Å². The Hall–Kier alpha value is -0.740. The first kappa shape index (κ1) is 5.26. The summed E-state index contributed by atoms with van der Waals surface area (Å²) in [6.45, 7) is 0. The Morgan fingerprint density at radius 1 is 1.00 bits per heavy atom. The molecule has 0 bridgehead atoms. The largest absolute Gasteiger partial charge is 0.345 e. The van der Waals surface area contributed by atoms with E-state index < -0.39 is 0 Å². The van der Waals surface area contributed by atoms with Gasteiger partial charge in [0.15, 0.2) is 12.5 Å². The maximum absolute atomic E-state index is 7.42. The minimum Gasteiger partial charge on any atom is -0.345 e. The molecule has 6 heavy (non-hydrogen) atoms. The lowest BCUT2D eigenvalue weighted by Gasteiger charge is -1.78. The van der Waals surface area contributed by atoms with E-state index in [1.165, 1.54) is 0 Å². The Morgan fingerprint density at radius 3 is 1.50 bits per heavy atom. The average molecular weight is 92.0 g/mol. The number of hydrogen-bond donors (Lipinski definition) is 2. The zero-order valence-corrected chi connectivity index (χ0v) is 2.87. The fraction of sp³-hybridized carbons (Fsp3) is 0. The molecule has 0 saturated heterocycles. The lowest BCUT2D eigenvalue weighted by molar-refractivity contribution is -0.212. The first-order valence-corrected chi connectivity index (χ1v) is 1.17. The molecule has 0 atom stereocenters. The van der Waals surface area contributed by atoms with E-state index in [0.717, 1.165) is 12.5 Å². The van der Waals surface area contributed by atoms with Gasteiger partial charge < -0.3 is 9.78 Å². The Bertz CT molecular complexity index is 34.8. The predicted octanol–water partition coefficient (Wildman–Crippen LogP) is 0.437. The van der Waals surface area contributed by atoms with E-state index in [1.54, 1.807) is 0 Å². The Balaban J connectivity index is 2.73. The van der Waals surface area contributed by atoms with E-state index in [9.17, 15) is 0 Å². The Kier molecular flexibility index (Phi) is 3.73. The van der Waals surface area contributed by atoms with Gasteiger partial charge in [0.25, 0.3) is 0 Å². The molecule has 0 aromatic carbocycles. The SMILES string of the molecule is OO/C=C/OO. The summed E-state index contributed by atoms with van der Waals surface area (Å²) in [6.07, 6.45) is 1.53. The highest BCUT2D eigenvalue weighted by Crippen LogP contribution is 1.68. The van der Waals surface area contributed by atoms with Gasteiger partial charge in [0.05, 0.1) is 0 Å². The van der Waals surface area contributed by atoms with E-state index in [0.29, 0.717) is 0 Å². The third kappa shape index (κ3) is 3.26. The molecule has 0 rings (SSSR count). The molecule has 0 fully saturated rings. The smallest absolute Gasteiger partial charge is 0.167 e. The molecule has 4 nitrogen and oxygen atoms in total. The van der Waals surface area contributed by atoms with Crippen LogP contribution >= 0.6 is 0 Å². The third-order valence-corrected chi connectivity index (χ3v) is 0.177. The maximum Gasteiger partial charge on any atom is 0.167 e. The zero-order chi connectivity index (χ0) is 4.83. The van der Waals surface area contributed by atoms with Crippen LogP contribution in [0.3, 0.4) is 0 Å². The van der Waals surface area contributed by atoms with Gasteiger partial charge in [0.1, 0.15) is 0 Å². The second kappa shape index (κ2) is 4.26. The summed E-state index contributed by atoms with van der Waals surface area (Å²) < 4.78 is 0. The van der Waals surface area contributed by atoms with Gasteiger partial charge >= 0.3 is 0 Å². The van der Waals surface area contributed by atoms with Crippen LogP contribution in [0.25, 0.3) is 0 Å². The fourth-order valence-corrected chi connectivity index (χ4v) is 0.0497. The topological polar surface area (TPSA) is 58.9 Å². The zero-order valence-electron chi connectivity index (χ0n) is 2.87. The van der Waals surface area contributed by atoms with Crippen molar-refractivity contribution in [3.8, 4) is 0 Å². The molecule has 0 aliphatic rings. The molecule has 2 N–H and O–H groups in total. The van der Waals surface area contributed by atoms with Crippen molar-refractivity contribution in [1.29, 1.82) is 0 Å². The number of hydrogen-bond acceptors (Lipinski definition) is 4. The van der Waals surface area contributed by atoms with Crippen LogP contribution in [0.4, 0.5) is 0 Å². The standard InChI is InChI=1S/C2H4O4/c3-5-1-2-6-4/h1-4H/b2-1+. The number of rotatable bonds is 2. The molecule has 0 radical (unpaired) electrons. The molecule has 0 saturated carbocycles. The van der Waals surface area contributed by atoms with Gasteiger partial charge in [-0.15, -0.1) is 0 Å². The van der Waals surface area contributed by atoms with E-state index in [2.05, 4.69) is 9.78 Å². The minimum atomic E-state index is 0.764. The summed E-state index contributed by atoms with van der Waals surface area (Å²) in [4.78, 5) is 6.63. The van der Waals surface area contributed by atoms with Gasteiger partial charge in [-0.2, -0.15) is 0 Å². The van der Waals surface area contributed by atoms with Gasteiger partial charge in [0, 0.05) is 0 Å². The molecule has 4 heteroatoms. The second-order valence-corrected chi connectivity index (χ2v) is 0.483. The highest BCUT2D eigenvalue weighted by molar-refractivity contribution is 4.54. The van der Waals surface area contributed by atoms with Crippen LogP contribution < -0.4 is 0 Å².